The van der Waals surface area contributed by atoms with Crippen LogP contribution in [0, 0.1) is 24.1 Å². The van der Waals surface area contributed by atoms with E-state index in [0.717, 1.165) is 17.7 Å². The van der Waals surface area contributed by atoms with E-state index in [0.29, 0.717) is 34.5 Å². The summed E-state index contributed by atoms with van der Waals surface area (Å²) in [4.78, 5) is 12.9. The lowest BCUT2D eigenvalue weighted by atomic mass is 9.83. The normalized spacial score (nSPS) is 14.6. The first-order chi connectivity index (χ1) is 17.9. The number of nitrogens with zero attached hydrogens (tertiary/aromatic N) is 1. The molecule has 0 saturated heterocycles. The van der Waals surface area contributed by atoms with E-state index < -0.39 is 17.7 Å². The Labute approximate surface area is 212 Å². The fourth-order valence-electron chi connectivity index (χ4n) is 4.36. The second kappa shape index (κ2) is 9.70. The molecule has 0 aliphatic carbocycles. The zero-order valence-corrected chi connectivity index (χ0v) is 20.2. The molecule has 2 N–H and O–H groups in total. The standard InChI is InChI=1S/C29H23FN2O5/c1-3-12-34-19-7-4-17(5-8-19)26-21-10-9-20(14-25(21)37-28(32)23(26)15-31)35-29(33)27-16(2)22-13-18(30)6-11-24(22)36-27/h4-11,13-14,26H,3,12,32H2,1-2H3. The number of esters is 1. The second-order valence-electron chi connectivity index (χ2n) is 8.63. The van der Waals surface area contributed by atoms with Crippen molar-refractivity contribution in [2.75, 3.05) is 6.61 Å². The number of fused-ring (bicyclic) bond motifs is 2. The van der Waals surface area contributed by atoms with Crippen LogP contribution in [0.25, 0.3) is 11.0 Å². The number of carbonyl (C=O) groups is 1. The van der Waals surface area contributed by atoms with Crippen LogP contribution in [0.15, 0.2) is 76.5 Å². The predicted octanol–water partition coefficient (Wildman–Crippen LogP) is 6.11. The highest BCUT2D eigenvalue weighted by Gasteiger charge is 2.31. The van der Waals surface area contributed by atoms with Crippen molar-refractivity contribution < 1.29 is 27.8 Å². The highest BCUT2D eigenvalue weighted by Crippen LogP contribution is 2.43. The lowest BCUT2D eigenvalue weighted by Gasteiger charge is -2.26. The molecule has 7 nitrogen and oxygen atoms in total. The van der Waals surface area contributed by atoms with Gasteiger partial charge in [0, 0.05) is 22.6 Å². The largest absolute Gasteiger partial charge is 0.494 e. The second-order valence-corrected chi connectivity index (χ2v) is 8.63. The van der Waals surface area contributed by atoms with Gasteiger partial charge in [-0.1, -0.05) is 25.1 Å². The van der Waals surface area contributed by atoms with Gasteiger partial charge in [0.25, 0.3) is 0 Å². The van der Waals surface area contributed by atoms with Crippen molar-refractivity contribution in [2.24, 2.45) is 5.73 Å². The molecule has 0 saturated carbocycles. The lowest BCUT2D eigenvalue weighted by Crippen LogP contribution is -2.21. The molecule has 1 unspecified atom stereocenters. The smallest absolute Gasteiger partial charge is 0.379 e. The maximum Gasteiger partial charge on any atom is 0.379 e. The topological polar surface area (TPSA) is 108 Å². The number of benzene rings is 3. The summed E-state index contributed by atoms with van der Waals surface area (Å²) in [7, 11) is 0. The van der Waals surface area contributed by atoms with Crippen LogP contribution in [0.2, 0.25) is 0 Å². The van der Waals surface area contributed by atoms with Gasteiger partial charge in [0.15, 0.2) is 0 Å². The number of rotatable bonds is 6. The lowest BCUT2D eigenvalue weighted by molar-refractivity contribution is 0.0702. The Morgan fingerprint density at radius 3 is 2.59 bits per heavy atom. The molecular formula is C29H23FN2O5. The summed E-state index contributed by atoms with van der Waals surface area (Å²) in [6.07, 6.45) is 0.897. The van der Waals surface area contributed by atoms with E-state index in [2.05, 4.69) is 6.07 Å². The van der Waals surface area contributed by atoms with Gasteiger partial charge >= 0.3 is 5.97 Å². The van der Waals surface area contributed by atoms with E-state index in [4.69, 9.17) is 24.4 Å². The van der Waals surface area contributed by atoms with Gasteiger partial charge in [0.1, 0.15) is 40.3 Å². The van der Waals surface area contributed by atoms with Crippen molar-refractivity contribution >= 4 is 16.9 Å². The first kappa shape index (κ1) is 23.9. The quantitative estimate of drug-likeness (QED) is 0.252. The van der Waals surface area contributed by atoms with Crippen molar-refractivity contribution in [1.82, 2.24) is 0 Å². The summed E-state index contributed by atoms with van der Waals surface area (Å²) in [5, 5.41) is 10.3. The number of hydrogen-bond donors (Lipinski definition) is 1. The molecule has 186 valence electrons. The summed E-state index contributed by atoms with van der Waals surface area (Å²) >= 11 is 0. The molecule has 5 rings (SSSR count). The number of ether oxygens (including phenoxy) is 3. The van der Waals surface area contributed by atoms with Crippen LogP contribution in [-0.2, 0) is 0 Å². The van der Waals surface area contributed by atoms with E-state index >= 15 is 0 Å². The summed E-state index contributed by atoms with van der Waals surface area (Å²) in [5.41, 5.74) is 8.78. The molecular weight excluding hydrogens is 475 g/mol. The number of hydrogen-bond acceptors (Lipinski definition) is 7. The molecule has 0 radical (unpaired) electrons. The van der Waals surface area contributed by atoms with Crippen molar-refractivity contribution in [2.45, 2.75) is 26.2 Å². The van der Waals surface area contributed by atoms with Crippen LogP contribution >= 0.6 is 0 Å². The molecule has 1 atom stereocenters. The number of halogens is 1. The highest BCUT2D eigenvalue weighted by molar-refractivity contribution is 5.96. The number of nitrogens with two attached hydrogens (primary N) is 1. The van der Waals surface area contributed by atoms with Gasteiger partial charge in [-0.2, -0.15) is 5.26 Å². The molecule has 37 heavy (non-hydrogen) atoms. The van der Waals surface area contributed by atoms with Gasteiger partial charge in [0.05, 0.1) is 12.5 Å². The van der Waals surface area contributed by atoms with Crippen molar-refractivity contribution in [3.63, 3.8) is 0 Å². The van der Waals surface area contributed by atoms with E-state index in [1.54, 1.807) is 19.1 Å². The predicted molar refractivity (Wildman–Crippen MR) is 134 cm³/mol. The third kappa shape index (κ3) is 4.47. The summed E-state index contributed by atoms with van der Waals surface area (Å²) in [6.45, 7) is 4.31. The van der Waals surface area contributed by atoms with E-state index in [9.17, 15) is 14.4 Å². The molecule has 0 bridgehead atoms. The molecule has 1 aliphatic rings. The Kier molecular flexibility index (Phi) is 6.28. The van der Waals surface area contributed by atoms with E-state index in [1.165, 1.54) is 24.3 Å². The Morgan fingerprint density at radius 1 is 1.11 bits per heavy atom. The maximum atomic E-state index is 13.6. The minimum absolute atomic E-state index is 0.0197. The Balaban J connectivity index is 1.44. The minimum atomic E-state index is -0.731. The van der Waals surface area contributed by atoms with Gasteiger partial charge in [-0.25, -0.2) is 9.18 Å². The molecule has 0 amide bonds. The molecule has 3 aromatic carbocycles. The number of allylic oxidation sites excluding steroid dienone is 1. The van der Waals surface area contributed by atoms with Gasteiger partial charge in [-0.05, 0) is 55.3 Å². The zero-order valence-electron chi connectivity index (χ0n) is 20.2. The molecule has 2 heterocycles. The average Bonchev–Trinajstić information content (AvgIpc) is 3.22. The minimum Gasteiger partial charge on any atom is -0.494 e. The van der Waals surface area contributed by atoms with Crippen LogP contribution in [0.4, 0.5) is 4.39 Å². The summed E-state index contributed by atoms with van der Waals surface area (Å²) < 4.78 is 36.2. The van der Waals surface area contributed by atoms with Gasteiger partial charge in [0.2, 0.25) is 11.6 Å². The van der Waals surface area contributed by atoms with Crippen LogP contribution < -0.4 is 19.9 Å². The first-order valence-corrected chi connectivity index (χ1v) is 11.7. The Morgan fingerprint density at radius 2 is 1.86 bits per heavy atom. The van der Waals surface area contributed by atoms with Crippen molar-refractivity contribution in [3.05, 3.63) is 100 Å². The molecule has 1 aromatic heterocycles. The Hall–Kier alpha value is -4.77. The average molecular weight is 499 g/mol. The fourth-order valence-corrected chi connectivity index (χ4v) is 4.36. The first-order valence-electron chi connectivity index (χ1n) is 11.7. The monoisotopic (exact) mass is 498 g/mol. The van der Waals surface area contributed by atoms with E-state index in [-0.39, 0.29) is 23.0 Å². The number of nitriles is 1. The molecule has 1 aliphatic heterocycles. The third-order valence-electron chi connectivity index (χ3n) is 6.17. The number of carbonyl (C=O) groups excluding carboxylic acids is 1. The van der Waals surface area contributed by atoms with Crippen LogP contribution in [0.5, 0.6) is 17.2 Å². The van der Waals surface area contributed by atoms with Crippen LogP contribution in [-0.4, -0.2) is 12.6 Å². The molecule has 4 aromatic rings. The maximum absolute atomic E-state index is 13.6. The zero-order chi connectivity index (χ0) is 26.1. The SMILES string of the molecule is CCCOc1ccc(C2C(C#N)=C(N)Oc3cc(OC(=O)c4oc5ccc(F)cc5c4C)ccc32)cc1. The van der Waals surface area contributed by atoms with Crippen LogP contribution in [0.1, 0.15) is 46.5 Å². The summed E-state index contributed by atoms with van der Waals surface area (Å²) in [5.74, 6) is -0.371. The molecule has 8 heteroatoms. The van der Waals surface area contributed by atoms with Gasteiger partial charge in [-0.15, -0.1) is 0 Å². The number of furan rings is 1. The molecule has 0 fully saturated rings. The Bertz CT molecular complexity index is 1580. The fraction of sp³-hybridized carbons (Fsp3) is 0.172. The van der Waals surface area contributed by atoms with E-state index in [1.807, 2.05) is 31.2 Å². The van der Waals surface area contributed by atoms with Crippen molar-refractivity contribution in [1.29, 1.82) is 5.26 Å². The van der Waals surface area contributed by atoms with Crippen LogP contribution in [0.3, 0.4) is 0 Å². The highest BCUT2D eigenvalue weighted by atomic mass is 19.1. The third-order valence-corrected chi connectivity index (χ3v) is 6.17. The van der Waals surface area contributed by atoms with Gasteiger partial charge in [-0.3, -0.25) is 0 Å². The number of aryl methyl sites for hydroxylation is 1. The van der Waals surface area contributed by atoms with Gasteiger partial charge < -0.3 is 24.4 Å². The van der Waals surface area contributed by atoms with Crippen molar-refractivity contribution in [3.8, 4) is 23.3 Å². The summed E-state index contributed by atoms with van der Waals surface area (Å²) in [6, 6.07) is 18.5. The molecule has 0 spiro atoms.